The number of aromatic nitrogens is 4. The SMILES string of the molecule is CC(C)N[C@H]1CCN(c2ccc3nc(-c4cc5cn(C)nc5cc4O)ccc3n2)C1. The molecule has 0 aliphatic carbocycles. The lowest BCUT2D eigenvalue weighted by Crippen LogP contribution is -2.37. The molecule has 154 valence electrons. The van der Waals surface area contributed by atoms with Crippen LogP contribution in [0.4, 0.5) is 5.82 Å². The Morgan fingerprint density at radius 1 is 1.07 bits per heavy atom. The second kappa shape index (κ2) is 7.25. The Morgan fingerprint density at radius 3 is 2.70 bits per heavy atom. The normalized spacial score (nSPS) is 16.9. The third-order valence-corrected chi connectivity index (χ3v) is 5.62. The Bertz CT molecular complexity index is 1230. The number of nitrogens with one attached hydrogen (secondary N) is 1. The molecular weight excluding hydrogens is 376 g/mol. The Labute approximate surface area is 175 Å². The largest absolute Gasteiger partial charge is 0.507 e. The van der Waals surface area contributed by atoms with Crippen LogP contribution in [0.25, 0.3) is 33.2 Å². The smallest absolute Gasteiger partial charge is 0.129 e. The molecule has 7 heteroatoms. The summed E-state index contributed by atoms with van der Waals surface area (Å²) >= 11 is 0. The molecule has 0 bridgehead atoms. The fourth-order valence-corrected chi connectivity index (χ4v) is 4.29. The van der Waals surface area contributed by atoms with Gasteiger partial charge in [-0.2, -0.15) is 5.10 Å². The Morgan fingerprint density at radius 2 is 1.87 bits per heavy atom. The van der Waals surface area contributed by atoms with E-state index < -0.39 is 0 Å². The average molecular weight is 403 g/mol. The van der Waals surface area contributed by atoms with Crippen molar-refractivity contribution in [1.82, 2.24) is 25.1 Å². The van der Waals surface area contributed by atoms with E-state index in [4.69, 9.17) is 9.97 Å². The summed E-state index contributed by atoms with van der Waals surface area (Å²) in [6.07, 6.45) is 3.07. The number of phenolic OH excluding ortho intramolecular Hbond substituents is 1. The highest BCUT2D eigenvalue weighted by molar-refractivity contribution is 5.88. The van der Waals surface area contributed by atoms with E-state index >= 15 is 0 Å². The average Bonchev–Trinajstić information content (AvgIpc) is 3.31. The van der Waals surface area contributed by atoms with Crippen molar-refractivity contribution in [2.24, 2.45) is 7.05 Å². The molecule has 1 saturated heterocycles. The van der Waals surface area contributed by atoms with Gasteiger partial charge in [-0.05, 0) is 36.8 Å². The third-order valence-electron chi connectivity index (χ3n) is 5.62. The van der Waals surface area contributed by atoms with Crippen LogP contribution in [0.1, 0.15) is 20.3 Å². The molecule has 0 unspecified atom stereocenters. The lowest BCUT2D eigenvalue weighted by atomic mass is 10.1. The van der Waals surface area contributed by atoms with Crippen molar-refractivity contribution in [3.05, 3.63) is 42.6 Å². The van der Waals surface area contributed by atoms with Crippen LogP contribution >= 0.6 is 0 Å². The van der Waals surface area contributed by atoms with Crippen molar-refractivity contribution in [3.63, 3.8) is 0 Å². The maximum atomic E-state index is 10.5. The zero-order valence-corrected chi connectivity index (χ0v) is 17.5. The molecule has 1 aliphatic heterocycles. The molecular formula is C23H26N6O. The summed E-state index contributed by atoms with van der Waals surface area (Å²) in [5, 5.41) is 19.4. The molecule has 5 rings (SSSR count). The van der Waals surface area contributed by atoms with Gasteiger partial charge in [0.1, 0.15) is 11.6 Å². The summed E-state index contributed by atoms with van der Waals surface area (Å²) in [6.45, 7) is 6.35. The first-order valence-electron chi connectivity index (χ1n) is 10.4. The fourth-order valence-electron chi connectivity index (χ4n) is 4.29. The Balaban J connectivity index is 1.45. The molecule has 3 aromatic heterocycles. The molecule has 2 N–H and O–H groups in total. The van der Waals surface area contributed by atoms with E-state index in [2.05, 4.69) is 29.2 Å². The van der Waals surface area contributed by atoms with Crippen molar-refractivity contribution in [2.75, 3.05) is 18.0 Å². The standard InChI is InChI=1S/C23H26N6O/c1-14(2)24-16-8-9-29(13-16)23-7-6-19-20(26-23)5-4-18(25-19)17-10-15-12-28(3)27-21(15)11-22(17)30/h4-7,10-12,14,16,24,30H,8-9,13H2,1-3H3/t16-/m0/s1. The van der Waals surface area contributed by atoms with E-state index in [0.29, 0.717) is 17.6 Å². The minimum absolute atomic E-state index is 0.179. The fraction of sp³-hybridized carbons (Fsp3) is 0.348. The highest BCUT2D eigenvalue weighted by atomic mass is 16.3. The lowest BCUT2D eigenvalue weighted by molar-refractivity contribution is 0.478. The van der Waals surface area contributed by atoms with Crippen LogP contribution in [0.3, 0.4) is 0 Å². The maximum Gasteiger partial charge on any atom is 0.129 e. The first-order valence-corrected chi connectivity index (χ1v) is 10.4. The van der Waals surface area contributed by atoms with E-state index in [-0.39, 0.29) is 5.75 Å². The van der Waals surface area contributed by atoms with Crippen LogP contribution in [0.15, 0.2) is 42.6 Å². The molecule has 0 saturated carbocycles. The van der Waals surface area contributed by atoms with Gasteiger partial charge in [-0.1, -0.05) is 13.8 Å². The Hall–Kier alpha value is -3.19. The van der Waals surface area contributed by atoms with E-state index in [0.717, 1.165) is 53.0 Å². The van der Waals surface area contributed by atoms with Crippen LogP contribution in [0.2, 0.25) is 0 Å². The second-order valence-electron chi connectivity index (χ2n) is 8.39. The second-order valence-corrected chi connectivity index (χ2v) is 8.39. The first-order chi connectivity index (χ1) is 14.5. The maximum absolute atomic E-state index is 10.5. The molecule has 1 aliphatic rings. The van der Waals surface area contributed by atoms with Crippen LogP contribution in [0.5, 0.6) is 5.75 Å². The summed E-state index contributed by atoms with van der Waals surface area (Å²) < 4.78 is 1.74. The zero-order valence-electron chi connectivity index (χ0n) is 17.5. The van der Waals surface area contributed by atoms with Gasteiger partial charge < -0.3 is 15.3 Å². The summed E-state index contributed by atoms with van der Waals surface area (Å²) in [5.41, 5.74) is 3.87. The number of hydrogen-bond acceptors (Lipinski definition) is 6. The Kier molecular flexibility index (Phi) is 4.55. The number of rotatable bonds is 4. The van der Waals surface area contributed by atoms with Gasteiger partial charge in [0.05, 0.1) is 22.2 Å². The summed E-state index contributed by atoms with van der Waals surface area (Å²) in [5.74, 6) is 1.17. The monoisotopic (exact) mass is 402 g/mol. The topological polar surface area (TPSA) is 79.1 Å². The highest BCUT2D eigenvalue weighted by Crippen LogP contribution is 2.33. The van der Waals surface area contributed by atoms with Crippen molar-refractivity contribution >= 4 is 27.8 Å². The number of hydrogen-bond donors (Lipinski definition) is 2. The van der Waals surface area contributed by atoms with Gasteiger partial charge in [-0.15, -0.1) is 0 Å². The zero-order chi connectivity index (χ0) is 20.8. The van der Waals surface area contributed by atoms with E-state index in [1.54, 1.807) is 10.7 Å². The number of aryl methyl sites for hydroxylation is 1. The van der Waals surface area contributed by atoms with Gasteiger partial charge in [0, 0.05) is 55.4 Å². The number of anilines is 1. The van der Waals surface area contributed by atoms with E-state index in [1.807, 2.05) is 43.6 Å². The van der Waals surface area contributed by atoms with Gasteiger partial charge in [0.2, 0.25) is 0 Å². The number of phenols is 1. The summed E-state index contributed by atoms with van der Waals surface area (Å²) in [7, 11) is 1.87. The lowest BCUT2D eigenvalue weighted by Gasteiger charge is -2.19. The van der Waals surface area contributed by atoms with Crippen LogP contribution < -0.4 is 10.2 Å². The van der Waals surface area contributed by atoms with E-state index in [9.17, 15) is 5.11 Å². The van der Waals surface area contributed by atoms with Crippen molar-refractivity contribution in [3.8, 4) is 17.0 Å². The van der Waals surface area contributed by atoms with Crippen molar-refractivity contribution < 1.29 is 5.11 Å². The third kappa shape index (κ3) is 3.45. The first kappa shape index (κ1) is 18.8. The quantitative estimate of drug-likeness (QED) is 0.544. The molecule has 4 heterocycles. The molecule has 0 spiro atoms. The molecule has 30 heavy (non-hydrogen) atoms. The molecule has 0 radical (unpaired) electrons. The summed E-state index contributed by atoms with van der Waals surface area (Å²) in [6, 6.07) is 12.6. The van der Waals surface area contributed by atoms with Gasteiger partial charge in [-0.3, -0.25) is 4.68 Å². The van der Waals surface area contributed by atoms with Crippen LogP contribution in [-0.4, -0.2) is 50.0 Å². The van der Waals surface area contributed by atoms with Crippen molar-refractivity contribution in [2.45, 2.75) is 32.4 Å². The molecule has 1 fully saturated rings. The minimum Gasteiger partial charge on any atom is -0.507 e. The highest BCUT2D eigenvalue weighted by Gasteiger charge is 2.24. The number of aromatic hydroxyl groups is 1. The molecule has 4 aromatic rings. The molecule has 1 atom stereocenters. The van der Waals surface area contributed by atoms with Gasteiger partial charge in [0.15, 0.2) is 0 Å². The molecule has 7 nitrogen and oxygen atoms in total. The molecule has 0 amide bonds. The minimum atomic E-state index is 0.179. The van der Waals surface area contributed by atoms with Gasteiger partial charge in [0.25, 0.3) is 0 Å². The van der Waals surface area contributed by atoms with Crippen LogP contribution in [-0.2, 0) is 7.05 Å². The number of fused-ring (bicyclic) bond motifs is 2. The number of nitrogens with zero attached hydrogens (tertiary/aromatic N) is 5. The van der Waals surface area contributed by atoms with Crippen molar-refractivity contribution in [1.29, 1.82) is 0 Å². The predicted molar refractivity (Wildman–Crippen MR) is 120 cm³/mol. The van der Waals surface area contributed by atoms with Gasteiger partial charge in [-0.25, -0.2) is 9.97 Å². The van der Waals surface area contributed by atoms with Gasteiger partial charge >= 0.3 is 0 Å². The molecule has 1 aromatic carbocycles. The number of pyridine rings is 2. The summed E-state index contributed by atoms with van der Waals surface area (Å²) in [4.78, 5) is 11.9. The number of benzene rings is 1. The van der Waals surface area contributed by atoms with Crippen LogP contribution in [0, 0.1) is 0 Å². The van der Waals surface area contributed by atoms with E-state index in [1.165, 1.54) is 0 Å². The predicted octanol–water partition coefficient (Wildman–Crippen LogP) is 3.47.